The molecule has 2 saturated heterocycles. The van der Waals surface area contributed by atoms with Crippen LogP contribution < -0.4 is 5.32 Å². The first kappa shape index (κ1) is 16.2. The van der Waals surface area contributed by atoms with Gasteiger partial charge in [0.05, 0.1) is 0 Å². The van der Waals surface area contributed by atoms with Crippen molar-refractivity contribution in [3.05, 3.63) is 0 Å². The molecule has 118 valence electrons. The Labute approximate surface area is 125 Å². The first-order valence-corrected chi connectivity index (χ1v) is 8.72. The number of hydrogen-bond acceptors (Lipinski definition) is 4. The van der Waals surface area contributed by atoms with Gasteiger partial charge in [0.1, 0.15) is 0 Å². The van der Waals surface area contributed by atoms with Crippen molar-refractivity contribution in [2.75, 3.05) is 65.4 Å². The molecule has 20 heavy (non-hydrogen) atoms. The second-order valence-corrected chi connectivity index (χ2v) is 6.29. The molecule has 2 atom stereocenters. The molecule has 2 unspecified atom stereocenters. The Balaban J connectivity index is 1.95. The van der Waals surface area contributed by atoms with Crippen molar-refractivity contribution in [1.29, 1.82) is 0 Å². The number of fused-ring (bicyclic) bond motifs is 3. The van der Waals surface area contributed by atoms with Crippen LogP contribution in [0.4, 0.5) is 0 Å². The van der Waals surface area contributed by atoms with Crippen molar-refractivity contribution in [1.82, 2.24) is 20.0 Å². The van der Waals surface area contributed by atoms with Crippen LogP contribution in [0.15, 0.2) is 0 Å². The van der Waals surface area contributed by atoms with Crippen LogP contribution in [0.1, 0.15) is 33.1 Å². The number of hydrogen-bond donors (Lipinski definition) is 1. The zero-order chi connectivity index (χ0) is 14.2. The second-order valence-electron chi connectivity index (χ2n) is 6.29. The molecule has 0 aliphatic carbocycles. The van der Waals surface area contributed by atoms with Crippen molar-refractivity contribution < 1.29 is 0 Å². The van der Waals surface area contributed by atoms with E-state index in [1.54, 1.807) is 0 Å². The molecule has 0 amide bonds. The molecule has 0 aromatic carbocycles. The fourth-order valence-electron chi connectivity index (χ4n) is 3.44. The minimum absolute atomic E-state index is 0.710. The van der Waals surface area contributed by atoms with Gasteiger partial charge >= 0.3 is 0 Å². The lowest BCUT2D eigenvalue weighted by atomic mass is 10.1. The maximum atomic E-state index is 3.81. The molecule has 2 aliphatic rings. The van der Waals surface area contributed by atoms with E-state index in [2.05, 4.69) is 33.9 Å². The predicted octanol–water partition coefficient (Wildman–Crippen LogP) is 1.09. The fourth-order valence-corrected chi connectivity index (χ4v) is 3.44. The Bertz CT molecular complexity index is 229. The number of nitrogens with zero attached hydrogens (tertiary/aromatic N) is 3. The van der Waals surface area contributed by atoms with Gasteiger partial charge in [-0.25, -0.2) is 0 Å². The zero-order valence-corrected chi connectivity index (χ0v) is 13.6. The molecule has 4 heteroatoms. The molecule has 0 saturated carbocycles. The Morgan fingerprint density at radius 3 is 2.35 bits per heavy atom. The van der Waals surface area contributed by atoms with E-state index in [1.165, 1.54) is 78.2 Å². The van der Waals surface area contributed by atoms with Gasteiger partial charge < -0.3 is 20.0 Å². The highest BCUT2D eigenvalue weighted by Crippen LogP contribution is 2.09. The van der Waals surface area contributed by atoms with Gasteiger partial charge in [-0.1, -0.05) is 13.8 Å². The third-order valence-electron chi connectivity index (χ3n) is 5.02. The van der Waals surface area contributed by atoms with Crippen LogP contribution in [0.3, 0.4) is 0 Å². The van der Waals surface area contributed by atoms with Crippen molar-refractivity contribution in [3.8, 4) is 0 Å². The zero-order valence-electron chi connectivity index (χ0n) is 13.6. The second kappa shape index (κ2) is 8.98. The minimum Gasteiger partial charge on any atom is -0.313 e. The lowest BCUT2D eigenvalue weighted by Crippen LogP contribution is -2.46. The van der Waals surface area contributed by atoms with E-state index in [4.69, 9.17) is 0 Å². The Morgan fingerprint density at radius 2 is 1.55 bits per heavy atom. The molecule has 2 rings (SSSR count). The monoisotopic (exact) mass is 282 g/mol. The molecular weight excluding hydrogens is 248 g/mol. The van der Waals surface area contributed by atoms with E-state index in [0.717, 1.165) is 6.54 Å². The van der Waals surface area contributed by atoms with Gasteiger partial charge in [0.2, 0.25) is 0 Å². The van der Waals surface area contributed by atoms with Gasteiger partial charge in [-0.2, -0.15) is 0 Å². The minimum atomic E-state index is 0.710. The summed E-state index contributed by atoms with van der Waals surface area (Å²) < 4.78 is 0. The highest BCUT2D eigenvalue weighted by Gasteiger charge is 2.18. The molecular formula is C16H34N4. The summed E-state index contributed by atoms with van der Waals surface area (Å²) in [5.74, 6) is 0. The van der Waals surface area contributed by atoms with E-state index >= 15 is 0 Å². The Hall–Kier alpha value is -0.160. The van der Waals surface area contributed by atoms with E-state index in [9.17, 15) is 0 Å². The summed E-state index contributed by atoms with van der Waals surface area (Å²) in [4.78, 5) is 7.91. The van der Waals surface area contributed by atoms with E-state index < -0.39 is 0 Å². The van der Waals surface area contributed by atoms with E-state index in [-0.39, 0.29) is 0 Å². The van der Waals surface area contributed by atoms with Crippen LogP contribution in [-0.4, -0.2) is 86.2 Å². The molecule has 4 nitrogen and oxygen atoms in total. The molecule has 0 aromatic rings. The van der Waals surface area contributed by atoms with E-state index in [0.29, 0.717) is 6.04 Å². The lowest BCUT2D eigenvalue weighted by Gasteiger charge is -2.34. The maximum Gasteiger partial charge on any atom is 0.0110 e. The highest BCUT2D eigenvalue weighted by molar-refractivity contribution is 4.77. The molecule has 0 radical (unpaired) electrons. The quantitative estimate of drug-likeness (QED) is 0.818. The van der Waals surface area contributed by atoms with Crippen molar-refractivity contribution in [2.45, 2.75) is 39.2 Å². The van der Waals surface area contributed by atoms with E-state index in [1.807, 2.05) is 0 Å². The standard InChI is InChI=1S/C16H34N4/c1-3-18-9-5-10-20-12-7-16(6-11-18)17-8-13-19(4-2)14-15-20/h16-17H,3-15H2,1-2H3. The Morgan fingerprint density at radius 1 is 0.800 bits per heavy atom. The van der Waals surface area contributed by atoms with Crippen LogP contribution >= 0.6 is 0 Å². The average molecular weight is 282 g/mol. The van der Waals surface area contributed by atoms with Gasteiger partial charge in [-0.15, -0.1) is 0 Å². The largest absolute Gasteiger partial charge is 0.313 e. The summed E-state index contributed by atoms with van der Waals surface area (Å²) in [7, 11) is 0. The van der Waals surface area contributed by atoms with Crippen LogP contribution in [0.25, 0.3) is 0 Å². The van der Waals surface area contributed by atoms with Gasteiger partial charge in [0.25, 0.3) is 0 Å². The lowest BCUT2D eigenvalue weighted by molar-refractivity contribution is 0.160. The smallest absolute Gasteiger partial charge is 0.0110 e. The summed E-state index contributed by atoms with van der Waals surface area (Å²) in [5, 5.41) is 3.81. The van der Waals surface area contributed by atoms with Crippen molar-refractivity contribution in [3.63, 3.8) is 0 Å². The SMILES string of the molecule is CCN1CCCN2CCC(CC1)NCCN(CC)CC2. The number of nitrogens with one attached hydrogen (secondary N) is 1. The summed E-state index contributed by atoms with van der Waals surface area (Å²) >= 11 is 0. The van der Waals surface area contributed by atoms with Crippen LogP contribution in [0.5, 0.6) is 0 Å². The van der Waals surface area contributed by atoms with Crippen molar-refractivity contribution >= 4 is 0 Å². The number of likely N-dealkylation sites (N-methyl/N-ethyl adjacent to an activating group) is 1. The molecule has 2 bridgehead atoms. The third kappa shape index (κ3) is 5.32. The van der Waals surface area contributed by atoms with Crippen LogP contribution in [0, 0.1) is 0 Å². The molecule has 1 N–H and O–H groups in total. The van der Waals surface area contributed by atoms with Crippen LogP contribution in [0.2, 0.25) is 0 Å². The first-order valence-electron chi connectivity index (χ1n) is 8.72. The Kier molecular flexibility index (Phi) is 7.28. The average Bonchev–Trinajstić information content (AvgIpc) is 2.49. The molecule has 0 spiro atoms. The highest BCUT2D eigenvalue weighted by atomic mass is 15.2. The maximum absolute atomic E-state index is 3.81. The summed E-state index contributed by atoms with van der Waals surface area (Å²) in [6.45, 7) is 16.9. The van der Waals surface area contributed by atoms with Gasteiger partial charge in [0.15, 0.2) is 0 Å². The number of rotatable bonds is 2. The first-order chi connectivity index (χ1) is 9.81. The topological polar surface area (TPSA) is 21.8 Å². The van der Waals surface area contributed by atoms with Gasteiger partial charge in [0, 0.05) is 32.2 Å². The van der Waals surface area contributed by atoms with Gasteiger partial charge in [-0.05, 0) is 58.5 Å². The summed E-state index contributed by atoms with van der Waals surface area (Å²) in [5.41, 5.74) is 0. The van der Waals surface area contributed by atoms with Crippen molar-refractivity contribution in [2.24, 2.45) is 0 Å². The predicted molar refractivity (Wildman–Crippen MR) is 86.3 cm³/mol. The van der Waals surface area contributed by atoms with Crippen LogP contribution in [-0.2, 0) is 0 Å². The molecule has 2 aliphatic heterocycles. The third-order valence-corrected chi connectivity index (χ3v) is 5.02. The fraction of sp³-hybridized carbons (Fsp3) is 1.00. The summed E-state index contributed by atoms with van der Waals surface area (Å²) in [6, 6.07) is 0.710. The molecule has 0 aromatic heterocycles. The normalized spacial score (nSPS) is 32.1. The summed E-state index contributed by atoms with van der Waals surface area (Å²) in [6.07, 6.45) is 3.97. The molecule has 2 heterocycles. The molecule has 2 fully saturated rings. The van der Waals surface area contributed by atoms with Gasteiger partial charge in [-0.3, -0.25) is 0 Å².